The lowest BCUT2D eigenvalue weighted by molar-refractivity contribution is -0.135. The average molecular weight is 486 g/mol. The topological polar surface area (TPSA) is 77.4 Å². The molecule has 2 aromatic carbocycles. The maximum Gasteiger partial charge on any atom is 0.387 e. The SMILES string of the molecule is COc1cc(C2CC(c3cccs3)=NN2C(=O)COc2ccc(C=O)cc2)ccc1OC(F)F. The van der Waals surface area contributed by atoms with Crippen molar-refractivity contribution in [2.24, 2.45) is 5.10 Å². The Morgan fingerprint density at radius 1 is 1.21 bits per heavy atom. The molecule has 0 spiro atoms. The van der Waals surface area contributed by atoms with Gasteiger partial charge in [0.25, 0.3) is 5.91 Å². The number of hydrogen-bond donors (Lipinski definition) is 0. The van der Waals surface area contributed by atoms with Gasteiger partial charge >= 0.3 is 6.61 Å². The number of aldehydes is 1. The lowest BCUT2D eigenvalue weighted by Gasteiger charge is -2.23. The fourth-order valence-electron chi connectivity index (χ4n) is 3.53. The molecule has 1 aliphatic rings. The van der Waals surface area contributed by atoms with Crippen molar-refractivity contribution in [2.75, 3.05) is 13.7 Å². The van der Waals surface area contributed by atoms with Crippen LogP contribution in [0.2, 0.25) is 0 Å². The molecule has 0 N–H and O–H groups in total. The van der Waals surface area contributed by atoms with E-state index in [4.69, 9.17) is 9.47 Å². The van der Waals surface area contributed by atoms with Crippen LogP contribution in [0.5, 0.6) is 17.2 Å². The van der Waals surface area contributed by atoms with Gasteiger partial charge in [-0.05, 0) is 53.4 Å². The van der Waals surface area contributed by atoms with E-state index in [0.29, 0.717) is 23.3 Å². The van der Waals surface area contributed by atoms with Crippen LogP contribution in [-0.4, -0.2) is 43.2 Å². The summed E-state index contributed by atoms with van der Waals surface area (Å²) in [5.74, 6) is 0.0788. The smallest absolute Gasteiger partial charge is 0.387 e. The number of rotatable bonds is 9. The predicted octanol–water partition coefficient (Wildman–Crippen LogP) is 4.93. The molecule has 0 fully saturated rings. The summed E-state index contributed by atoms with van der Waals surface area (Å²) in [6.07, 6.45) is 1.15. The van der Waals surface area contributed by atoms with Gasteiger partial charge in [-0.3, -0.25) is 9.59 Å². The summed E-state index contributed by atoms with van der Waals surface area (Å²) >= 11 is 1.51. The van der Waals surface area contributed by atoms with Crippen LogP contribution in [0.3, 0.4) is 0 Å². The summed E-state index contributed by atoms with van der Waals surface area (Å²) in [5.41, 5.74) is 1.88. The predicted molar refractivity (Wildman–Crippen MR) is 122 cm³/mol. The highest BCUT2D eigenvalue weighted by molar-refractivity contribution is 7.12. The summed E-state index contributed by atoms with van der Waals surface area (Å²) in [4.78, 5) is 24.8. The molecule has 0 radical (unpaired) electrons. The second-order valence-electron chi connectivity index (χ2n) is 7.25. The molecular weight excluding hydrogens is 466 g/mol. The molecule has 1 atom stereocenters. The van der Waals surface area contributed by atoms with E-state index in [-0.39, 0.29) is 24.0 Å². The summed E-state index contributed by atoms with van der Waals surface area (Å²) in [6, 6.07) is 14.3. The minimum absolute atomic E-state index is 0.0985. The molecule has 1 aliphatic heterocycles. The Morgan fingerprint density at radius 3 is 2.65 bits per heavy atom. The van der Waals surface area contributed by atoms with E-state index in [1.54, 1.807) is 36.4 Å². The number of carbonyl (C=O) groups is 2. The molecule has 0 saturated carbocycles. The van der Waals surface area contributed by atoms with Gasteiger partial charge in [-0.15, -0.1) is 11.3 Å². The van der Waals surface area contributed by atoms with Crippen LogP contribution in [0.15, 0.2) is 65.1 Å². The zero-order valence-corrected chi connectivity index (χ0v) is 18.8. The van der Waals surface area contributed by atoms with Crippen molar-refractivity contribution in [3.8, 4) is 17.2 Å². The van der Waals surface area contributed by atoms with Crippen molar-refractivity contribution >= 4 is 29.2 Å². The molecular formula is C24H20F2N2O5S. The van der Waals surface area contributed by atoms with Crippen molar-refractivity contribution in [2.45, 2.75) is 19.1 Å². The van der Waals surface area contributed by atoms with E-state index in [2.05, 4.69) is 9.84 Å². The lowest BCUT2D eigenvalue weighted by Crippen LogP contribution is -2.31. The zero-order chi connectivity index (χ0) is 24.1. The highest BCUT2D eigenvalue weighted by atomic mass is 32.1. The summed E-state index contributed by atoms with van der Waals surface area (Å²) in [7, 11) is 1.35. The van der Waals surface area contributed by atoms with Crippen molar-refractivity contribution in [3.05, 3.63) is 76.0 Å². The first-order valence-corrected chi connectivity index (χ1v) is 11.1. The highest BCUT2D eigenvalue weighted by Crippen LogP contribution is 2.38. The summed E-state index contributed by atoms with van der Waals surface area (Å²) in [5, 5.41) is 7.81. The maximum atomic E-state index is 13.1. The number of hydrazone groups is 1. The molecule has 0 bridgehead atoms. The quantitative estimate of drug-likeness (QED) is 0.401. The number of alkyl halides is 2. The number of thiophene rings is 1. The molecule has 1 amide bonds. The number of halogens is 2. The number of amides is 1. The first-order chi connectivity index (χ1) is 16.5. The number of benzene rings is 2. The Hall–Kier alpha value is -3.79. The third-order valence-electron chi connectivity index (χ3n) is 5.14. The maximum absolute atomic E-state index is 13.1. The van der Waals surface area contributed by atoms with Crippen LogP contribution >= 0.6 is 11.3 Å². The van der Waals surface area contributed by atoms with E-state index in [1.807, 2.05) is 17.5 Å². The number of carbonyl (C=O) groups excluding carboxylic acids is 2. The van der Waals surface area contributed by atoms with E-state index in [9.17, 15) is 18.4 Å². The van der Waals surface area contributed by atoms with Gasteiger partial charge in [-0.2, -0.15) is 13.9 Å². The summed E-state index contributed by atoms with van der Waals surface area (Å²) in [6.45, 7) is -3.27. The first-order valence-electron chi connectivity index (χ1n) is 10.2. The van der Waals surface area contributed by atoms with Gasteiger partial charge in [0, 0.05) is 12.0 Å². The molecule has 7 nitrogen and oxygen atoms in total. The van der Waals surface area contributed by atoms with Crippen LogP contribution < -0.4 is 14.2 Å². The third kappa shape index (κ3) is 5.23. The minimum Gasteiger partial charge on any atom is -0.493 e. The average Bonchev–Trinajstić information content (AvgIpc) is 3.53. The van der Waals surface area contributed by atoms with E-state index in [0.717, 1.165) is 16.9 Å². The van der Waals surface area contributed by atoms with Gasteiger partial charge in [0.15, 0.2) is 18.1 Å². The first kappa shape index (κ1) is 23.4. The van der Waals surface area contributed by atoms with Gasteiger partial charge in [0.05, 0.1) is 23.7 Å². The Morgan fingerprint density at radius 2 is 2.00 bits per heavy atom. The van der Waals surface area contributed by atoms with Crippen molar-refractivity contribution < 1.29 is 32.6 Å². The van der Waals surface area contributed by atoms with Gasteiger partial charge in [0.1, 0.15) is 12.0 Å². The Kier molecular flexibility index (Phi) is 7.17. The molecule has 0 saturated heterocycles. The second-order valence-corrected chi connectivity index (χ2v) is 8.19. The Balaban J connectivity index is 1.57. The second kappa shape index (κ2) is 10.4. The number of nitrogens with zero attached hydrogens (tertiary/aromatic N) is 2. The Labute approximate surface area is 198 Å². The zero-order valence-electron chi connectivity index (χ0n) is 18.0. The fraction of sp³-hybridized carbons (Fsp3) is 0.208. The van der Waals surface area contributed by atoms with Crippen LogP contribution in [0.25, 0.3) is 0 Å². The van der Waals surface area contributed by atoms with Crippen LogP contribution in [0, 0.1) is 0 Å². The van der Waals surface area contributed by atoms with Crippen LogP contribution in [0.4, 0.5) is 8.78 Å². The number of ether oxygens (including phenoxy) is 3. The number of methoxy groups -OCH3 is 1. The van der Waals surface area contributed by atoms with Gasteiger partial charge in [-0.1, -0.05) is 12.1 Å². The van der Waals surface area contributed by atoms with E-state index < -0.39 is 12.7 Å². The van der Waals surface area contributed by atoms with Gasteiger partial charge < -0.3 is 14.2 Å². The van der Waals surface area contributed by atoms with Gasteiger partial charge in [0.2, 0.25) is 0 Å². The van der Waals surface area contributed by atoms with Crippen LogP contribution in [0.1, 0.15) is 33.3 Å². The van der Waals surface area contributed by atoms with E-state index >= 15 is 0 Å². The van der Waals surface area contributed by atoms with Crippen molar-refractivity contribution in [1.82, 2.24) is 5.01 Å². The van der Waals surface area contributed by atoms with Crippen molar-refractivity contribution in [3.63, 3.8) is 0 Å². The van der Waals surface area contributed by atoms with Gasteiger partial charge in [-0.25, -0.2) is 5.01 Å². The largest absolute Gasteiger partial charge is 0.493 e. The number of hydrogen-bond acceptors (Lipinski definition) is 7. The van der Waals surface area contributed by atoms with Crippen LogP contribution in [-0.2, 0) is 4.79 Å². The molecule has 34 heavy (non-hydrogen) atoms. The van der Waals surface area contributed by atoms with Crippen molar-refractivity contribution in [1.29, 1.82) is 0 Å². The Bertz CT molecular complexity index is 1180. The molecule has 1 aromatic heterocycles. The molecule has 176 valence electrons. The normalized spacial score (nSPS) is 15.2. The molecule has 0 aliphatic carbocycles. The van der Waals surface area contributed by atoms with E-state index in [1.165, 1.54) is 29.5 Å². The molecule has 1 unspecified atom stereocenters. The third-order valence-corrected chi connectivity index (χ3v) is 6.06. The molecule has 2 heterocycles. The lowest BCUT2D eigenvalue weighted by atomic mass is 10.0. The fourth-order valence-corrected chi connectivity index (χ4v) is 4.25. The standard InChI is InChI=1S/C24H20F2N2O5S/c1-31-21-11-16(6-9-20(21)33-24(25)26)19-12-18(22-3-2-10-34-22)27-28(19)23(30)14-32-17-7-4-15(13-29)5-8-17/h2-11,13,19,24H,12,14H2,1H3. The monoisotopic (exact) mass is 486 g/mol. The molecule has 3 aromatic rings. The molecule has 10 heteroatoms. The minimum atomic E-state index is -2.99. The summed E-state index contributed by atoms with van der Waals surface area (Å²) < 4.78 is 40.7. The highest BCUT2D eigenvalue weighted by Gasteiger charge is 2.34. The molecule has 4 rings (SSSR count).